The SMILES string of the molecule is Cc1cccc2c3ccc4c5ccccc5oc4c3[n+]3c4ccccc4c4ccn(C)c(c12)c43. The van der Waals surface area contributed by atoms with Crippen molar-refractivity contribution in [2.75, 3.05) is 0 Å². The van der Waals surface area contributed by atoms with Crippen molar-refractivity contribution in [2.24, 2.45) is 7.05 Å². The lowest BCUT2D eigenvalue weighted by Crippen LogP contribution is -2.20. The van der Waals surface area contributed by atoms with Crippen LogP contribution in [0.2, 0.25) is 0 Å². The Morgan fingerprint density at radius 1 is 0.647 bits per heavy atom. The third kappa shape index (κ3) is 2.06. The molecule has 0 fully saturated rings. The number of nitrogens with zero attached hydrogens (tertiary/aromatic N) is 2. The number of aryl methyl sites for hydroxylation is 2. The second kappa shape index (κ2) is 6.15. The third-order valence-corrected chi connectivity index (χ3v) is 7.50. The van der Waals surface area contributed by atoms with Crippen LogP contribution >= 0.6 is 0 Å². The first kappa shape index (κ1) is 18.1. The van der Waals surface area contributed by atoms with Gasteiger partial charge in [0.1, 0.15) is 11.1 Å². The van der Waals surface area contributed by atoms with Crippen molar-refractivity contribution < 1.29 is 8.82 Å². The zero-order valence-electron chi connectivity index (χ0n) is 19.0. The van der Waals surface area contributed by atoms with Gasteiger partial charge in [-0.25, -0.2) is 0 Å². The molecule has 0 spiro atoms. The lowest BCUT2D eigenvalue weighted by molar-refractivity contribution is -0.445. The predicted octanol–water partition coefficient (Wildman–Crippen LogP) is 7.58. The van der Waals surface area contributed by atoms with E-state index in [2.05, 4.69) is 108 Å². The molecule has 4 heterocycles. The Morgan fingerprint density at radius 3 is 2.29 bits per heavy atom. The first-order chi connectivity index (χ1) is 16.7. The number of rotatable bonds is 0. The molecule has 8 aromatic rings. The van der Waals surface area contributed by atoms with E-state index >= 15 is 0 Å². The van der Waals surface area contributed by atoms with Gasteiger partial charge in [0, 0.05) is 35.5 Å². The fourth-order valence-corrected chi connectivity index (χ4v) is 6.04. The van der Waals surface area contributed by atoms with E-state index < -0.39 is 0 Å². The van der Waals surface area contributed by atoms with Gasteiger partial charge in [-0.15, -0.1) is 4.40 Å². The fourth-order valence-electron chi connectivity index (χ4n) is 6.04. The smallest absolute Gasteiger partial charge is 0.263 e. The summed E-state index contributed by atoms with van der Waals surface area (Å²) in [7, 11) is 2.15. The molecule has 8 rings (SSSR count). The highest BCUT2D eigenvalue weighted by Crippen LogP contribution is 2.39. The summed E-state index contributed by atoms with van der Waals surface area (Å²) in [6.45, 7) is 2.22. The minimum absolute atomic E-state index is 0.922. The lowest BCUT2D eigenvalue weighted by atomic mass is 10.0. The van der Waals surface area contributed by atoms with Crippen LogP contribution in [0.4, 0.5) is 0 Å². The zero-order chi connectivity index (χ0) is 22.6. The van der Waals surface area contributed by atoms with Gasteiger partial charge < -0.3 is 8.98 Å². The molecule has 4 aromatic heterocycles. The molecule has 0 unspecified atom stereocenters. The second-order valence-corrected chi connectivity index (χ2v) is 9.32. The molecule has 160 valence electrons. The van der Waals surface area contributed by atoms with E-state index in [0.29, 0.717) is 0 Å². The summed E-state index contributed by atoms with van der Waals surface area (Å²) in [6.07, 6.45) is 2.19. The second-order valence-electron chi connectivity index (χ2n) is 9.32. The van der Waals surface area contributed by atoms with Crippen molar-refractivity contribution in [3.8, 4) is 0 Å². The number of aromatic nitrogens is 2. The number of fused-ring (bicyclic) bond motifs is 12. The first-order valence-electron chi connectivity index (χ1n) is 11.7. The molecule has 0 saturated carbocycles. The Hall–Kier alpha value is -4.37. The van der Waals surface area contributed by atoms with Crippen LogP contribution in [0.3, 0.4) is 0 Å². The number of benzene rings is 4. The van der Waals surface area contributed by atoms with Crippen LogP contribution in [-0.2, 0) is 7.05 Å². The summed E-state index contributed by atoms with van der Waals surface area (Å²) < 4.78 is 11.3. The van der Waals surface area contributed by atoms with E-state index in [-0.39, 0.29) is 0 Å². The van der Waals surface area contributed by atoms with E-state index in [9.17, 15) is 0 Å². The molecule has 3 nitrogen and oxygen atoms in total. The molecule has 34 heavy (non-hydrogen) atoms. The summed E-state index contributed by atoms with van der Waals surface area (Å²) in [5, 5.41) is 8.55. The maximum atomic E-state index is 6.62. The lowest BCUT2D eigenvalue weighted by Gasteiger charge is -2.06. The molecule has 0 aliphatic carbocycles. The highest BCUT2D eigenvalue weighted by molar-refractivity contribution is 6.24. The van der Waals surface area contributed by atoms with Crippen molar-refractivity contribution in [2.45, 2.75) is 6.92 Å². The van der Waals surface area contributed by atoms with Crippen LogP contribution in [0.5, 0.6) is 0 Å². The molecule has 3 heteroatoms. The van der Waals surface area contributed by atoms with Gasteiger partial charge in [0.05, 0.1) is 16.2 Å². The molecule has 0 radical (unpaired) electrons. The van der Waals surface area contributed by atoms with Crippen LogP contribution in [0.25, 0.3) is 70.9 Å². The van der Waals surface area contributed by atoms with Gasteiger partial charge >= 0.3 is 0 Å². The maximum absolute atomic E-state index is 6.62. The largest absolute Gasteiger partial charge is 0.449 e. The number of hydrogen-bond donors (Lipinski definition) is 0. The normalized spacial score (nSPS) is 12.4. The van der Waals surface area contributed by atoms with Crippen LogP contribution in [-0.4, -0.2) is 4.57 Å². The van der Waals surface area contributed by atoms with Gasteiger partial charge in [-0.3, -0.25) is 0 Å². The molecule has 0 bridgehead atoms. The van der Waals surface area contributed by atoms with Gasteiger partial charge in [0.25, 0.3) is 5.52 Å². The Balaban J connectivity index is 1.88. The van der Waals surface area contributed by atoms with Crippen LogP contribution in [0, 0.1) is 6.92 Å². The zero-order valence-corrected chi connectivity index (χ0v) is 19.0. The Kier molecular flexibility index (Phi) is 3.27. The Bertz CT molecular complexity index is 2140. The van der Waals surface area contributed by atoms with Crippen LogP contribution < -0.4 is 4.40 Å². The van der Waals surface area contributed by atoms with Crippen molar-refractivity contribution in [1.29, 1.82) is 0 Å². The average Bonchev–Trinajstić information content (AvgIpc) is 3.35. The number of furan rings is 1. The third-order valence-electron chi connectivity index (χ3n) is 7.50. The summed E-state index contributed by atoms with van der Waals surface area (Å²) in [5.41, 5.74) is 7.92. The van der Waals surface area contributed by atoms with Crippen LogP contribution in [0.1, 0.15) is 5.56 Å². The number of hydrogen-bond acceptors (Lipinski definition) is 1. The summed E-state index contributed by atoms with van der Waals surface area (Å²) in [6, 6.07) is 30.5. The topological polar surface area (TPSA) is 22.2 Å². The molecule has 0 amide bonds. The fraction of sp³-hybridized carbons (Fsp3) is 0.0645. The van der Waals surface area contributed by atoms with E-state index in [1.165, 1.54) is 49.0 Å². The molecule has 0 atom stereocenters. The molecule has 0 aliphatic heterocycles. The van der Waals surface area contributed by atoms with E-state index in [1.807, 2.05) is 6.07 Å². The first-order valence-corrected chi connectivity index (χ1v) is 11.7. The molecular weight excluding hydrogens is 416 g/mol. The molecular formula is C31H21N2O+. The van der Waals surface area contributed by atoms with E-state index in [4.69, 9.17) is 4.42 Å². The van der Waals surface area contributed by atoms with Crippen molar-refractivity contribution >= 4 is 70.9 Å². The van der Waals surface area contributed by atoms with Gasteiger partial charge in [-0.05, 0) is 48.2 Å². The average molecular weight is 438 g/mol. The van der Waals surface area contributed by atoms with Gasteiger partial charge in [0.15, 0.2) is 0 Å². The summed E-state index contributed by atoms with van der Waals surface area (Å²) >= 11 is 0. The van der Waals surface area contributed by atoms with Gasteiger partial charge in [0.2, 0.25) is 16.6 Å². The van der Waals surface area contributed by atoms with Crippen molar-refractivity contribution in [1.82, 2.24) is 4.57 Å². The minimum Gasteiger partial charge on any atom is -0.449 e. The highest BCUT2D eigenvalue weighted by atomic mass is 16.3. The number of para-hydroxylation sites is 2. The Labute approximate surface area is 195 Å². The quantitative estimate of drug-likeness (QED) is 0.224. The molecule has 4 aromatic carbocycles. The van der Waals surface area contributed by atoms with Gasteiger partial charge in [-0.1, -0.05) is 48.5 Å². The monoisotopic (exact) mass is 437 g/mol. The molecule has 0 N–H and O–H groups in total. The molecule has 0 saturated heterocycles. The Morgan fingerprint density at radius 2 is 1.38 bits per heavy atom. The van der Waals surface area contributed by atoms with E-state index in [0.717, 1.165) is 27.5 Å². The number of pyridine rings is 1. The maximum Gasteiger partial charge on any atom is 0.263 e. The van der Waals surface area contributed by atoms with Gasteiger partial charge in [-0.2, -0.15) is 0 Å². The standard InChI is InChI=1S/C31H21N2O/c1-18-8-7-11-21-22-14-15-24-20-10-4-6-13-26(20)34-31(24)29(22)33-25-12-5-3-9-19(25)23-16-17-32(2)30(27(18)21)28(23)33/h3-17H,1-2H3/q+1. The summed E-state index contributed by atoms with van der Waals surface area (Å²) in [5.74, 6) is 0. The van der Waals surface area contributed by atoms with Crippen LogP contribution in [0.15, 0.2) is 95.5 Å². The highest BCUT2D eigenvalue weighted by Gasteiger charge is 2.28. The minimum atomic E-state index is 0.922. The van der Waals surface area contributed by atoms with Crippen molar-refractivity contribution in [3.63, 3.8) is 0 Å². The van der Waals surface area contributed by atoms with Crippen molar-refractivity contribution in [3.05, 3.63) is 96.7 Å². The van der Waals surface area contributed by atoms with E-state index in [1.54, 1.807) is 0 Å². The summed E-state index contributed by atoms with van der Waals surface area (Å²) in [4.78, 5) is 0. The predicted molar refractivity (Wildman–Crippen MR) is 141 cm³/mol. The molecule has 0 aliphatic rings.